The van der Waals surface area contributed by atoms with Gasteiger partial charge in [0.25, 0.3) is 0 Å². The third kappa shape index (κ3) is 3.08. The third-order valence-electron chi connectivity index (χ3n) is 2.50. The molecular formula is C13H14ClNS. The largest absolute Gasteiger partial charge is 0.309 e. The van der Waals surface area contributed by atoms with Gasteiger partial charge < -0.3 is 5.32 Å². The van der Waals surface area contributed by atoms with Gasteiger partial charge in [-0.15, -0.1) is 0 Å². The number of hydrogen-bond acceptors (Lipinski definition) is 2. The molecule has 2 aromatic rings. The maximum atomic E-state index is 5.92. The quantitative estimate of drug-likeness (QED) is 0.866. The van der Waals surface area contributed by atoms with Gasteiger partial charge in [-0.2, -0.15) is 11.3 Å². The molecule has 0 spiro atoms. The van der Waals surface area contributed by atoms with E-state index in [-0.39, 0.29) is 0 Å². The molecule has 0 fully saturated rings. The van der Waals surface area contributed by atoms with E-state index in [1.807, 2.05) is 18.2 Å². The zero-order chi connectivity index (χ0) is 11.4. The maximum absolute atomic E-state index is 5.92. The first-order chi connectivity index (χ1) is 7.75. The van der Waals surface area contributed by atoms with Crippen LogP contribution in [0, 0.1) is 6.92 Å². The smallest absolute Gasteiger partial charge is 0.0409 e. The average Bonchev–Trinajstić information content (AvgIpc) is 2.65. The Kier molecular flexibility index (Phi) is 3.99. The Morgan fingerprint density at radius 3 is 2.81 bits per heavy atom. The lowest BCUT2D eigenvalue weighted by atomic mass is 10.2. The van der Waals surface area contributed by atoms with E-state index in [1.165, 1.54) is 16.7 Å². The van der Waals surface area contributed by atoms with Crippen LogP contribution in [-0.4, -0.2) is 0 Å². The summed E-state index contributed by atoms with van der Waals surface area (Å²) in [5.74, 6) is 0. The summed E-state index contributed by atoms with van der Waals surface area (Å²) in [5.41, 5.74) is 3.97. The minimum atomic E-state index is 0.797. The highest BCUT2D eigenvalue weighted by Gasteiger charge is 1.99. The molecule has 3 heteroatoms. The first-order valence-corrected chi connectivity index (χ1v) is 6.54. The predicted octanol–water partition coefficient (Wildman–Crippen LogP) is 4.00. The molecule has 1 aromatic carbocycles. The van der Waals surface area contributed by atoms with Crippen molar-refractivity contribution in [3.8, 4) is 0 Å². The van der Waals surface area contributed by atoms with Crippen LogP contribution in [0.2, 0.25) is 5.02 Å². The molecule has 0 aliphatic heterocycles. The second-order valence-corrected chi connectivity index (χ2v) is 4.99. The van der Waals surface area contributed by atoms with Crippen molar-refractivity contribution >= 4 is 22.9 Å². The van der Waals surface area contributed by atoms with Crippen LogP contribution in [0.3, 0.4) is 0 Å². The molecule has 0 aliphatic carbocycles. The summed E-state index contributed by atoms with van der Waals surface area (Å²) < 4.78 is 0. The highest BCUT2D eigenvalue weighted by Crippen LogP contribution is 2.14. The van der Waals surface area contributed by atoms with Gasteiger partial charge in [0.2, 0.25) is 0 Å². The molecule has 0 radical (unpaired) electrons. The van der Waals surface area contributed by atoms with E-state index in [1.54, 1.807) is 11.3 Å². The molecule has 1 heterocycles. The van der Waals surface area contributed by atoms with Crippen LogP contribution in [0.15, 0.2) is 35.0 Å². The Labute approximate surface area is 105 Å². The van der Waals surface area contributed by atoms with Crippen LogP contribution in [-0.2, 0) is 13.1 Å². The van der Waals surface area contributed by atoms with Gasteiger partial charge in [-0.25, -0.2) is 0 Å². The van der Waals surface area contributed by atoms with E-state index in [4.69, 9.17) is 11.6 Å². The first-order valence-electron chi connectivity index (χ1n) is 5.22. The van der Waals surface area contributed by atoms with E-state index >= 15 is 0 Å². The van der Waals surface area contributed by atoms with Crippen LogP contribution in [0.4, 0.5) is 0 Å². The van der Waals surface area contributed by atoms with Crippen molar-refractivity contribution in [2.24, 2.45) is 0 Å². The summed E-state index contributed by atoms with van der Waals surface area (Å²) in [6.45, 7) is 3.92. The second kappa shape index (κ2) is 5.48. The van der Waals surface area contributed by atoms with Gasteiger partial charge in [0, 0.05) is 18.1 Å². The molecule has 1 aromatic heterocycles. The van der Waals surface area contributed by atoms with Gasteiger partial charge in [0.15, 0.2) is 0 Å². The fourth-order valence-corrected chi connectivity index (χ4v) is 2.63. The number of aryl methyl sites for hydroxylation is 1. The average molecular weight is 252 g/mol. The van der Waals surface area contributed by atoms with Crippen LogP contribution in [0.5, 0.6) is 0 Å². The normalized spacial score (nSPS) is 10.6. The van der Waals surface area contributed by atoms with Crippen molar-refractivity contribution in [1.29, 1.82) is 0 Å². The Hall–Kier alpha value is -0.830. The number of hydrogen-bond donors (Lipinski definition) is 1. The summed E-state index contributed by atoms with van der Waals surface area (Å²) in [4.78, 5) is 0. The first kappa shape index (κ1) is 11.6. The van der Waals surface area contributed by atoms with Gasteiger partial charge in [-0.05, 0) is 46.5 Å². The van der Waals surface area contributed by atoms with Gasteiger partial charge in [0.05, 0.1) is 0 Å². The summed E-state index contributed by atoms with van der Waals surface area (Å²) in [6.07, 6.45) is 0. The van der Waals surface area contributed by atoms with Crippen molar-refractivity contribution < 1.29 is 0 Å². The zero-order valence-corrected chi connectivity index (χ0v) is 10.7. The monoisotopic (exact) mass is 251 g/mol. The van der Waals surface area contributed by atoms with E-state index in [2.05, 4.69) is 29.1 Å². The SMILES string of the molecule is Cc1cscc1CNCc1cccc(Cl)c1. The molecule has 16 heavy (non-hydrogen) atoms. The maximum Gasteiger partial charge on any atom is 0.0409 e. The molecule has 0 saturated carbocycles. The summed E-state index contributed by atoms with van der Waals surface area (Å²) in [6, 6.07) is 7.96. The number of rotatable bonds is 4. The summed E-state index contributed by atoms with van der Waals surface area (Å²) in [5, 5.41) is 8.59. The Morgan fingerprint density at radius 1 is 1.25 bits per heavy atom. The number of benzene rings is 1. The molecule has 1 nitrogen and oxygen atoms in total. The van der Waals surface area contributed by atoms with Gasteiger partial charge in [-0.1, -0.05) is 23.7 Å². The molecule has 0 bridgehead atoms. The van der Waals surface area contributed by atoms with E-state index in [0.29, 0.717) is 0 Å². The number of thiophene rings is 1. The lowest BCUT2D eigenvalue weighted by Crippen LogP contribution is -2.12. The lowest BCUT2D eigenvalue weighted by Gasteiger charge is -2.05. The lowest BCUT2D eigenvalue weighted by molar-refractivity contribution is 0.692. The van der Waals surface area contributed by atoms with E-state index in [0.717, 1.165) is 18.1 Å². The third-order valence-corrected chi connectivity index (χ3v) is 3.64. The molecule has 0 saturated heterocycles. The van der Waals surface area contributed by atoms with Crippen LogP contribution >= 0.6 is 22.9 Å². The molecule has 0 amide bonds. The number of halogens is 1. The highest BCUT2D eigenvalue weighted by atomic mass is 35.5. The molecule has 2 rings (SSSR count). The van der Waals surface area contributed by atoms with Crippen LogP contribution < -0.4 is 5.32 Å². The van der Waals surface area contributed by atoms with Gasteiger partial charge >= 0.3 is 0 Å². The molecule has 0 aliphatic rings. The second-order valence-electron chi connectivity index (χ2n) is 3.81. The Balaban J connectivity index is 1.87. The van der Waals surface area contributed by atoms with Crippen molar-refractivity contribution in [1.82, 2.24) is 5.32 Å². The fourth-order valence-electron chi connectivity index (χ4n) is 1.56. The highest BCUT2D eigenvalue weighted by molar-refractivity contribution is 7.08. The summed E-state index contributed by atoms with van der Waals surface area (Å²) in [7, 11) is 0. The molecule has 0 atom stereocenters. The molecular weight excluding hydrogens is 238 g/mol. The topological polar surface area (TPSA) is 12.0 Å². The minimum absolute atomic E-state index is 0.797. The van der Waals surface area contributed by atoms with Crippen molar-refractivity contribution in [2.75, 3.05) is 0 Å². The van der Waals surface area contributed by atoms with Crippen molar-refractivity contribution in [3.05, 3.63) is 56.7 Å². The minimum Gasteiger partial charge on any atom is -0.309 e. The standard InChI is InChI=1S/C13H14ClNS/c1-10-8-16-9-12(10)7-15-6-11-3-2-4-13(14)5-11/h2-5,8-9,15H,6-7H2,1H3. The molecule has 0 unspecified atom stereocenters. The van der Waals surface area contributed by atoms with Crippen LogP contribution in [0.25, 0.3) is 0 Å². The predicted molar refractivity (Wildman–Crippen MR) is 71.1 cm³/mol. The molecule has 1 N–H and O–H groups in total. The fraction of sp³-hybridized carbons (Fsp3) is 0.231. The Bertz CT molecular complexity index is 464. The van der Waals surface area contributed by atoms with E-state index < -0.39 is 0 Å². The summed E-state index contributed by atoms with van der Waals surface area (Å²) >= 11 is 7.68. The van der Waals surface area contributed by atoms with Gasteiger partial charge in [0.1, 0.15) is 0 Å². The number of nitrogens with one attached hydrogen (secondary N) is 1. The van der Waals surface area contributed by atoms with Crippen LogP contribution in [0.1, 0.15) is 16.7 Å². The zero-order valence-electron chi connectivity index (χ0n) is 9.16. The van der Waals surface area contributed by atoms with Crippen molar-refractivity contribution in [2.45, 2.75) is 20.0 Å². The Morgan fingerprint density at radius 2 is 2.12 bits per heavy atom. The van der Waals surface area contributed by atoms with Gasteiger partial charge in [-0.3, -0.25) is 0 Å². The van der Waals surface area contributed by atoms with E-state index in [9.17, 15) is 0 Å². The molecule has 84 valence electrons. The van der Waals surface area contributed by atoms with Crippen molar-refractivity contribution in [3.63, 3.8) is 0 Å².